The van der Waals surface area contributed by atoms with E-state index in [9.17, 15) is 5.11 Å². The predicted octanol–water partition coefficient (Wildman–Crippen LogP) is 2.33. The maximum absolute atomic E-state index is 10.4. The van der Waals surface area contributed by atoms with Gasteiger partial charge in [-0.05, 0) is 23.6 Å². The lowest BCUT2D eigenvalue weighted by molar-refractivity contribution is 0.161. The second-order valence-electron chi connectivity index (χ2n) is 4.56. The van der Waals surface area contributed by atoms with Gasteiger partial charge in [-0.1, -0.05) is 24.3 Å². The van der Waals surface area contributed by atoms with E-state index in [1.165, 1.54) is 0 Å². The minimum atomic E-state index is -0.527. The van der Waals surface area contributed by atoms with Crippen LogP contribution in [0.15, 0.2) is 36.7 Å². The molecule has 4 heteroatoms. The Kier molecular flexibility index (Phi) is 4.71. The Hall–Kier alpha value is -1.65. The van der Waals surface area contributed by atoms with E-state index in [0.717, 1.165) is 23.2 Å². The summed E-state index contributed by atoms with van der Waals surface area (Å²) in [7, 11) is 1.66. The van der Waals surface area contributed by atoms with Crippen LogP contribution in [0.2, 0.25) is 0 Å². The highest BCUT2D eigenvalue weighted by molar-refractivity contribution is 5.29. The van der Waals surface area contributed by atoms with Crippen LogP contribution in [0.25, 0.3) is 0 Å². The molecule has 0 bridgehead atoms. The number of hydrogen-bond donors (Lipinski definition) is 1. The molecule has 1 aromatic heterocycles. The van der Waals surface area contributed by atoms with Crippen LogP contribution < -0.4 is 0 Å². The van der Waals surface area contributed by atoms with Crippen LogP contribution in [0.5, 0.6) is 0 Å². The van der Waals surface area contributed by atoms with Gasteiger partial charge < -0.3 is 9.84 Å². The number of benzene rings is 1. The van der Waals surface area contributed by atoms with Crippen LogP contribution >= 0.6 is 0 Å². The number of nitrogens with zero attached hydrogens (tertiary/aromatic N) is 2. The van der Waals surface area contributed by atoms with Crippen molar-refractivity contribution in [2.24, 2.45) is 0 Å². The molecule has 1 N–H and O–H groups in total. The first-order valence-electron chi connectivity index (χ1n) is 6.50. The van der Waals surface area contributed by atoms with Crippen molar-refractivity contribution in [1.29, 1.82) is 0 Å². The Labute approximate surface area is 113 Å². The largest absolute Gasteiger partial charge is 0.388 e. The van der Waals surface area contributed by atoms with Gasteiger partial charge >= 0.3 is 0 Å². The van der Waals surface area contributed by atoms with Crippen molar-refractivity contribution in [3.05, 3.63) is 53.3 Å². The average molecular weight is 260 g/mol. The molecule has 0 saturated carbocycles. The van der Waals surface area contributed by atoms with Gasteiger partial charge in [-0.15, -0.1) is 0 Å². The third-order valence-electron chi connectivity index (χ3n) is 3.15. The predicted molar refractivity (Wildman–Crippen MR) is 73.7 cm³/mol. The smallest absolute Gasteiger partial charge is 0.0835 e. The molecule has 2 aromatic rings. The zero-order valence-corrected chi connectivity index (χ0v) is 11.4. The summed E-state index contributed by atoms with van der Waals surface area (Å²) in [6, 6.07) is 7.83. The zero-order chi connectivity index (χ0) is 13.7. The Balaban J connectivity index is 2.12. The van der Waals surface area contributed by atoms with E-state index in [4.69, 9.17) is 4.74 Å². The molecule has 0 saturated heterocycles. The molecule has 0 aliphatic carbocycles. The van der Waals surface area contributed by atoms with Crippen molar-refractivity contribution in [3.8, 4) is 0 Å². The summed E-state index contributed by atoms with van der Waals surface area (Å²) in [5.74, 6) is 0. The zero-order valence-electron chi connectivity index (χ0n) is 11.4. The number of aliphatic hydroxyl groups is 1. The van der Waals surface area contributed by atoms with Crippen molar-refractivity contribution in [2.75, 3.05) is 7.11 Å². The topological polar surface area (TPSA) is 47.3 Å². The molecule has 4 nitrogen and oxygen atoms in total. The highest BCUT2D eigenvalue weighted by Gasteiger charge is 2.13. The van der Waals surface area contributed by atoms with Crippen molar-refractivity contribution in [1.82, 2.24) is 9.78 Å². The van der Waals surface area contributed by atoms with E-state index in [1.807, 2.05) is 48.3 Å². The summed E-state index contributed by atoms with van der Waals surface area (Å²) in [4.78, 5) is 0. The van der Waals surface area contributed by atoms with E-state index in [2.05, 4.69) is 5.10 Å². The summed E-state index contributed by atoms with van der Waals surface area (Å²) in [5.41, 5.74) is 3.00. The Morgan fingerprint density at radius 2 is 2.16 bits per heavy atom. The highest BCUT2D eigenvalue weighted by atomic mass is 16.5. The van der Waals surface area contributed by atoms with Crippen LogP contribution in [-0.2, 0) is 24.3 Å². The molecule has 0 aliphatic heterocycles. The molecule has 1 atom stereocenters. The van der Waals surface area contributed by atoms with Gasteiger partial charge in [0.25, 0.3) is 0 Å². The highest BCUT2D eigenvalue weighted by Crippen LogP contribution is 2.22. The number of aromatic nitrogens is 2. The van der Waals surface area contributed by atoms with Crippen molar-refractivity contribution < 1.29 is 9.84 Å². The second-order valence-corrected chi connectivity index (χ2v) is 4.56. The third kappa shape index (κ3) is 3.43. The number of hydrogen-bond acceptors (Lipinski definition) is 3. The number of rotatable bonds is 6. The fourth-order valence-electron chi connectivity index (χ4n) is 2.16. The second kappa shape index (κ2) is 6.50. The summed E-state index contributed by atoms with van der Waals surface area (Å²) in [6.07, 6.45) is 3.83. The molecule has 0 amide bonds. The normalized spacial score (nSPS) is 12.6. The molecule has 0 aliphatic rings. The third-order valence-corrected chi connectivity index (χ3v) is 3.15. The minimum Gasteiger partial charge on any atom is -0.388 e. The Morgan fingerprint density at radius 3 is 2.84 bits per heavy atom. The molecule has 1 heterocycles. The van der Waals surface area contributed by atoms with E-state index < -0.39 is 6.10 Å². The van der Waals surface area contributed by atoms with E-state index in [1.54, 1.807) is 7.11 Å². The fraction of sp³-hybridized carbons (Fsp3) is 0.400. The van der Waals surface area contributed by atoms with Crippen LogP contribution in [-0.4, -0.2) is 22.0 Å². The quantitative estimate of drug-likeness (QED) is 0.867. The SMILES string of the molecule is CCn1cc(CC(O)c2ccccc2COC)cn1. The van der Waals surface area contributed by atoms with Crippen LogP contribution in [0.1, 0.15) is 29.7 Å². The maximum Gasteiger partial charge on any atom is 0.0835 e. The lowest BCUT2D eigenvalue weighted by Crippen LogP contribution is -2.05. The molecular formula is C15H20N2O2. The molecular weight excluding hydrogens is 240 g/mol. The lowest BCUT2D eigenvalue weighted by Gasteiger charge is -2.14. The summed E-state index contributed by atoms with van der Waals surface area (Å²) in [6.45, 7) is 3.40. The van der Waals surface area contributed by atoms with Gasteiger partial charge in [-0.2, -0.15) is 5.10 Å². The Morgan fingerprint density at radius 1 is 1.37 bits per heavy atom. The molecule has 1 aromatic carbocycles. The van der Waals surface area contributed by atoms with Gasteiger partial charge in [0.2, 0.25) is 0 Å². The van der Waals surface area contributed by atoms with Gasteiger partial charge in [0.15, 0.2) is 0 Å². The molecule has 19 heavy (non-hydrogen) atoms. The maximum atomic E-state index is 10.4. The minimum absolute atomic E-state index is 0.515. The molecule has 0 radical (unpaired) electrons. The van der Waals surface area contributed by atoms with E-state index in [-0.39, 0.29) is 0 Å². The molecule has 0 spiro atoms. The van der Waals surface area contributed by atoms with Gasteiger partial charge in [0.05, 0.1) is 18.9 Å². The molecule has 102 valence electrons. The first-order valence-corrected chi connectivity index (χ1v) is 6.50. The Bertz CT molecular complexity index is 522. The monoisotopic (exact) mass is 260 g/mol. The number of methoxy groups -OCH3 is 1. The fourth-order valence-corrected chi connectivity index (χ4v) is 2.16. The number of aliphatic hydroxyl groups excluding tert-OH is 1. The van der Waals surface area contributed by atoms with Crippen LogP contribution in [0.3, 0.4) is 0 Å². The summed E-state index contributed by atoms with van der Waals surface area (Å²) in [5, 5.41) is 14.6. The van der Waals surface area contributed by atoms with Gasteiger partial charge in [0.1, 0.15) is 0 Å². The summed E-state index contributed by atoms with van der Waals surface area (Å²) < 4.78 is 7.03. The van der Waals surface area contributed by atoms with Crippen LogP contribution in [0.4, 0.5) is 0 Å². The van der Waals surface area contributed by atoms with Crippen molar-refractivity contribution in [2.45, 2.75) is 32.6 Å². The molecule has 0 fully saturated rings. The molecule has 1 unspecified atom stereocenters. The van der Waals surface area contributed by atoms with E-state index >= 15 is 0 Å². The number of aryl methyl sites for hydroxylation is 1. The number of ether oxygens (including phenoxy) is 1. The average Bonchev–Trinajstić information content (AvgIpc) is 2.87. The van der Waals surface area contributed by atoms with Gasteiger partial charge in [-0.25, -0.2) is 0 Å². The lowest BCUT2D eigenvalue weighted by atomic mass is 9.99. The summed E-state index contributed by atoms with van der Waals surface area (Å²) >= 11 is 0. The van der Waals surface area contributed by atoms with Crippen LogP contribution in [0, 0.1) is 0 Å². The standard InChI is InChI=1S/C15H20N2O2/c1-3-17-10-12(9-16-17)8-15(18)14-7-5-4-6-13(14)11-19-2/h4-7,9-10,15,18H,3,8,11H2,1-2H3. The van der Waals surface area contributed by atoms with Crippen molar-refractivity contribution >= 4 is 0 Å². The van der Waals surface area contributed by atoms with Gasteiger partial charge in [0, 0.05) is 26.3 Å². The first-order chi connectivity index (χ1) is 9.24. The molecule has 2 rings (SSSR count). The van der Waals surface area contributed by atoms with Gasteiger partial charge in [-0.3, -0.25) is 4.68 Å². The van der Waals surface area contributed by atoms with E-state index in [0.29, 0.717) is 13.0 Å². The first kappa shape index (κ1) is 13.8. The van der Waals surface area contributed by atoms with Crippen molar-refractivity contribution in [3.63, 3.8) is 0 Å².